The minimum atomic E-state index is -4.43. The number of halogens is 3. The van der Waals surface area contributed by atoms with Crippen molar-refractivity contribution in [3.8, 4) is 0 Å². The average molecular weight is 456 g/mol. The summed E-state index contributed by atoms with van der Waals surface area (Å²) in [6.07, 6.45) is -1.30. The van der Waals surface area contributed by atoms with Crippen molar-refractivity contribution < 1.29 is 18.0 Å². The van der Waals surface area contributed by atoms with E-state index in [1.54, 1.807) is 17.2 Å². The molecule has 3 aromatic rings. The molecule has 0 spiro atoms. The molecule has 33 heavy (non-hydrogen) atoms. The maximum atomic E-state index is 12.9. The number of alkyl halides is 3. The summed E-state index contributed by atoms with van der Waals surface area (Å²) in [6, 6.07) is 10.6. The first-order valence-corrected chi connectivity index (χ1v) is 10.5. The number of nitrogens with one attached hydrogen (secondary N) is 1. The highest BCUT2D eigenvalue weighted by Crippen LogP contribution is 2.29. The molecule has 3 heterocycles. The van der Waals surface area contributed by atoms with Crippen molar-refractivity contribution in [2.24, 2.45) is 0 Å². The highest BCUT2D eigenvalue weighted by molar-refractivity contribution is 5.79. The lowest BCUT2D eigenvalue weighted by molar-refractivity contribution is -0.138. The minimum absolute atomic E-state index is 0.0605. The predicted octanol–water partition coefficient (Wildman–Crippen LogP) is 3.83. The van der Waals surface area contributed by atoms with Crippen molar-refractivity contribution in [1.29, 1.82) is 0 Å². The van der Waals surface area contributed by atoms with Gasteiger partial charge in [-0.15, -0.1) is 0 Å². The number of rotatable bonds is 5. The van der Waals surface area contributed by atoms with Crippen LogP contribution in [-0.4, -0.2) is 51.9 Å². The molecule has 0 atom stereocenters. The van der Waals surface area contributed by atoms with Crippen LogP contribution in [0.3, 0.4) is 0 Å². The Bertz CT molecular complexity index is 1130. The molecule has 1 aliphatic rings. The third-order valence-corrected chi connectivity index (χ3v) is 5.39. The lowest BCUT2D eigenvalue weighted by Gasteiger charge is -2.35. The summed E-state index contributed by atoms with van der Waals surface area (Å²) in [5.41, 5.74) is 0.688. The molecule has 2 aromatic heterocycles. The molecule has 7 nitrogen and oxygen atoms in total. The third kappa shape index (κ3) is 5.76. The Morgan fingerprint density at radius 1 is 1.00 bits per heavy atom. The summed E-state index contributed by atoms with van der Waals surface area (Å²) < 4.78 is 38.7. The van der Waals surface area contributed by atoms with Crippen LogP contribution in [0.2, 0.25) is 0 Å². The van der Waals surface area contributed by atoms with E-state index in [-0.39, 0.29) is 12.3 Å². The number of anilines is 3. The van der Waals surface area contributed by atoms with Crippen LogP contribution < -0.4 is 10.2 Å². The van der Waals surface area contributed by atoms with Gasteiger partial charge in [0.15, 0.2) is 0 Å². The molecule has 0 aliphatic carbocycles. The number of hydrogen-bond donors (Lipinski definition) is 1. The van der Waals surface area contributed by atoms with Gasteiger partial charge in [0.1, 0.15) is 23.8 Å². The SMILES string of the molecule is Cc1ccnc(Nc2cc(N3CCN(C(=O)Cc4cccc(C(F)(F)F)c4)CC3)ncn2)c1. The van der Waals surface area contributed by atoms with E-state index in [1.165, 1.54) is 12.4 Å². The predicted molar refractivity (Wildman–Crippen MR) is 118 cm³/mol. The normalized spacial score (nSPS) is 14.3. The van der Waals surface area contributed by atoms with Crippen LogP contribution in [0.4, 0.5) is 30.6 Å². The number of aromatic nitrogens is 3. The van der Waals surface area contributed by atoms with Crippen molar-refractivity contribution in [1.82, 2.24) is 19.9 Å². The average Bonchev–Trinajstić information content (AvgIpc) is 2.79. The molecule has 4 rings (SSSR count). The van der Waals surface area contributed by atoms with Gasteiger partial charge in [-0.25, -0.2) is 15.0 Å². The van der Waals surface area contributed by atoms with Crippen molar-refractivity contribution >= 4 is 23.4 Å². The molecular weight excluding hydrogens is 433 g/mol. The van der Waals surface area contributed by atoms with Crippen LogP contribution in [0.15, 0.2) is 55.0 Å². The second-order valence-electron chi connectivity index (χ2n) is 7.85. The first-order valence-electron chi connectivity index (χ1n) is 10.5. The zero-order valence-corrected chi connectivity index (χ0v) is 18.0. The maximum Gasteiger partial charge on any atom is 0.416 e. The standard InChI is InChI=1S/C23H23F3N6O/c1-16-5-6-27-19(11-16)30-20-14-21(29-15-28-20)31-7-9-32(10-8-31)22(33)13-17-3-2-4-18(12-17)23(24,25)26/h2-6,11-12,14-15H,7-10,13H2,1H3,(H,27,28,29,30). The summed E-state index contributed by atoms with van der Waals surface area (Å²) in [6.45, 7) is 4.03. The van der Waals surface area contributed by atoms with Crippen molar-refractivity contribution in [2.75, 3.05) is 36.4 Å². The van der Waals surface area contributed by atoms with Gasteiger partial charge in [-0.05, 0) is 36.2 Å². The zero-order chi connectivity index (χ0) is 23.4. The second-order valence-corrected chi connectivity index (χ2v) is 7.85. The van der Waals surface area contributed by atoms with Gasteiger partial charge in [-0.3, -0.25) is 4.79 Å². The maximum absolute atomic E-state index is 12.9. The number of carbonyl (C=O) groups excluding carboxylic acids is 1. The lowest BCUT2D eigenvalue weighted by Crippen LogP contribution is -2.49. The van der Waals surface area contributed by atoms with Crippen LogP contribution in [0.25, 0.3) is 0 Å². The fourth-order valence-corrected chi connectivity index (χ4v) is 3.65. The number of hydrogen-bond acceptors (Lipinski definition) is 6. The fraction of sp³-hybridized carbons (Fsp3) is 0.304. The number of aryl methyl sites for hydroxylation is 1. The van der Waals surface area contributed by atoms with E-state index in [0.29, 0.717) is 43.4 Å². The molecule has 1 aliphatic heterocycles. The van der Waals surface area contributed by atoms with Crippen LogP contribution in [0, 0.1) is 6.92 Å². The molecule has 172 valence electrons. The molecule has 0 bridgehead atoms. The van der Waals surface area contributed by atoms with Crippen LogP contribution in [-0.2, 0) is 17.4 Å². The Hall–Kier alpha value is -3.69. The summed E-state index contributed by atoms with van der Waals surface area (Å²) in [5.74, 6) is 1.83. The number of amides is 1. The topological polar surface area (TPSA) is 74.2 Å². The molecule has 0 unspecified atom stereocenters. The number of benzene rings is 1. The van der Waals surface area contributed by atoms with Crippen molar-refractivity contribution in [3.05, 3.63) is 71.7 Å². The summed E-state index contributed by atoms with van der Waals surface area (Å²) in [4.78, 5) is 29.2. The Balaban J connectivity index is 1.35. The monoisotopic (exact) mass is 456 g/mol. The Labute approximate surface area is 189 Å². The number of pyridine rings is 1. The number of nitrogens with zero attached hydrogens (tertiary/aromatic N) is 5. The summed E-state index contributed by atoms with van der Waals surface area (Å²) in [7, 11) is 0. The first kappa shape index (κ1) is 22.5. The Morgan fingerprint density at radius 3 is 2.48 bits per heavy atom. The second kappa shape index (κ2) is 9.43. The van der Waals surface area contributed by atoms with Crippen molar-refractivity contribution in [3.63, 3.8) is 0 Å². The quantitative estimate of drug-likeness (QED) is 0.629. The van der Waals surface area contributed by atoms with Gasteiger partial charge < -0.3 is 15.1 Å². The molecule has 0 radical (unpaired) electrons. The molecule has 1 saturated heterocycles. The van der Waals surface area contributed by atoms with Crippen LogP contribution in [0.5, 0.6) is 0 Å². The molecule has 1 amide bonds. The van der Waals surface area contributed by atoms with Gasteiger partial charge in [0.05, 0.1) is 12.0 Å². The molecule has 0 saturated carbocycles. The minimum Gasteiger partial charge on any atom is -0.353 e. The third-order valence-electron chi connectivity index (χ3n) is 5.39. The van der Waals surface area contributed by atoms with Gasteiger partial charge in [-0.1, -0.05) is 18.2 Å². The van der Waals surface area contributed by atoms with E-state index in [0.717, 1.165) is 23.5 Å². The highest BCUT2D eigenvalue weighted by atomic mass is 19.4. The Morgan fingerprint density at radius 2 is 1.76 bits per heavy atom. The molecular formula is C23H23F3N6O. The van der Waals surface area contributed by atoms with E-state index < -0.39 is 11.7 Å². The lowest BCUT2D eigenvalue weighted by atomic mass is 10.1. The first-order chi connectivity index (χ1) is 15.8. The molecule has 1 N–H and O–H groups in total. The highest BCUT2D eigenvalue weighted by Gasteiger charge is 2.30. The van der Waals surface area contributed by atoms with Gasteiger partial charge >= 0.3 is 6.18 Å². The van der Waals surface area contributed by atoms with Crippen molar-refractivity contribution in [2.45, 2.75) is 19.5 Å². The zero-order valence-electron chi connectivity index (χ0n) is 18.0. The molecule has 10 heteroatoms. The van der Waals surface area contributed by atoms with Gasteiger partial charge in [-0.2, -0.15) is 13.2 Å². The number of piperazine rings is 1. The fourth-order valence-electron chi connectivity index (χ4n) is 3.65. The van der Waals surface area contributed by atoms with E-state index >= 15 is 0 Å². The summed E-state index contributed by atoms with van der Waals surface area (Å²) >= 11 is 0. The molecule has 1 fully saturated rings. The van der Waals surface area contributed by atoms with E-state index in [4.69, 9.17) is 0 Å². The number of carbonyl (C=O) groups is 1. The summed E-state index contributed by atoms with van der Waals surface area (Å²) in [5, 5.41) is 3.16. The van der Waals surface area contributed by atoms with Gasteiger partial charge in [0, 0.05) is 38.4 Å². The van der Waals surface area contributed by atoms with Gasteiger partial charge in [0.25, 0.3) is 0 Å². The van der Waals surface area contributed by atoms with Crippen LogP contribution in [0.1, 0.15) is 16.7 Å². The largest absolute Gasteiger partial charge is 0.416 e. The van der Waals surface area contributed by atoms with E-state index in [2.05, 4.69) is 20.3 Å². The Kier molecular flexibility index (Phi) is 6.43. The van der Waals surface area contributed by atoms with E-state index in [9.17, 15) is 18.0 Å². The van der Waals surface area contributed by atoms with Crippen LogP contribution >= 0.6 is 0 Å². The van der Waals surface area contributed by atoms with Gasteiger partial charge in [0.2, 0.25) is 5.91 Å². The molecule has 1 aromatic carbocycles. The smallest absolute Gasteiger partial charge is 0.353 e. The van der Waals surface area contributed by atoms with E-state index in [1.807, 2.05) is 30.0 Å².